The predicted octanol–water partition coefficient (Wildman–Crippen LogP) is 2.93. The Kier molecular flexibility index (Phi) is 5.36. The average Bonchev–Trinajstić information content (AvgIpc) is 2.66. The van der Waals surface area contributed by atoms with Crippen LogP contribution in [0.1, 0.15) is 27.9 Å². The minimum Gasteiger partial charge on any atom is -0.361 e. The molecular formula is C17H17F3N4O2. The van der Waals surface area contributed by atoms with Crippen LogP contribution in [0, 0.1) is 0 Å². The van der Waals surface area contributed by atoms with Gasteiger partial charge in [-0.1, -0.05) is 12.1 Å². The smallest absolute Gasteiger partial charge is 0.361 e. The van der Waals surface area contributed by atoms with Crippen molar-refractivity contribution in [3.63, 3.8) is 0 Å². The van der Waals surface area contributed by atoms with Gasteiger partial charge in [-0.05, 0) is 24.1 Å². The highest BCUT2D eigenvalue weighted by Crippen LogP contribution is 2.29. The number of aromatic nitrogens is 2. The first-order valence-corrected chi connectivity index (χ1v) is 8.02. The maximum atomic E-state index is 12.7. The van der Waals surface area contributed by atoms with Gasteiger partial charge < -0.3 is 15.0 Å². The third-order valence-electron chi connectivity index (χ3n) is 3.85. The minimum absolute atomic E-state index is 0.136. The fourth-order valence-corrected chi connectivity index (χ4v) is 2.51. The molecule has 1 aliphatic rings. The first-order chi connectivity index (χ1) is 12.4. The van der Waals surface area contributed by atoms with Crippen molar-refractivity contribution in [2.75, 3.05) is 25.2 Å². The zero-order chi connectivity index (χ0) is 18.6. The average molecular weight is 366 g/mol. The summed E-state index contributed by atoms with van der Waals surface area (Å²) >= 11 is 0. The van der Waals surface area contributed by atoms with Crippen LogP contribution in [0.5, 0.6) is 0 Å². The molecule has 0 saturated carbocycles. The van der Waals surface area contributed by atoms with Gasteiger partial charge in [0.2, 0.25) is 5.95 Å². The summed E-state index contributed by atoms with van der Waals surface area (Å²) in [5.74, 6) is 0.0167. The number of hydrogen-bond donors (Lipinski definition) is 1. The van der Waals surface area contributed by atoms with E-state index in [1.54, 1.807) is 11.0 Å². The van der Waals surface area contributed by atoms with Crippen LogP contribution in [0.25, 0.3) is 0 Å². The lowest BCUT2D eigenvalue weighted by Gasteiger charge is -2.26. The van der Waals surface area contributed by atoms with E-state index >= 15 is 0 Å². The van der Waals surface area contributed by atoms with Crippen LogP contribution in [0.2, 0.25) is 0 Å². The molecule has 0 aliphatic carbocycles. The molecule has 0 spiro atoms. The van der Waals surface area contributed by atoms with Crippen LogP contribution in [0.4, 0.5) is 19.1 Å². The molecule has 0 radical (unpaired) electrons. The van der Waals surface area contributed by atoms with Gasteiger partial charge in [0.25, 0.3) is 5.91 Å². The van der Waals surface area contributed by atoms with Crippen LogP contribution >= 0.6 is 0 Å². The Morgan fingerprint density at radius 3 is 2.69 bits per heavy atom. The Labute approximate surface area is 148 Å². The highest BCUT2D eigenvalue weighted by atomic mass is 19.4. The number of rotatable bonds is 4. The van der Waals surface area contributed by atoms with Crippen LogP contribution in [-0.4, -0.2) is 40.7 Å². The highest BCUT2D eigenvalue weighted by molar-refractivity contribution is 5.93. The minimum atomic E-state index is -4.38. The number of anilines is 1. The van der Waals surface area contributed by atoms with Crippen molar-refractivity contribution in [2.45, 2.75) is 19.1 Å². The van der Waals surface area contributed by atoms with E-state index in [1.807, 2.05) is 0 Å². The number of nitrogens with one attached hydrogen (secondary N) is 1. The molecule has 138 valence electrons. The molecule has 3 rings (SSSR count). The van der Waals surface area contributed by atoms with E-state index in [0.29, 0.717) is 24.3 Å². The van der Waals surface area contributed by atoms with Crippen molar-refractivity contribution in [3.05, 3.63) is 53.3 Å². The number of carbonyl (C=O) groups is 1. The topological polar surface area (TPSA) is 67.4 Å². The van der Waals surface area contributed by atoms with E-state index in [9.17, 15) is 18.0 Å². The number of nitrogens with zero attached hydrogens (tertiary/aromatic N) is 3. The standard InChI is InChI=1S/C17H17F3N4O2/c18-17(19,20)14-4-1-3-12(7-14)8-21-16-22-9-13(10-23-16)15(25)24-5-2-6-26-11-24/h1,3-4,7,9-10H,2,5-6,8,11H2,(H,21,22,23). The van der Waals surface area contributed by atoms with E-state index in [4.69, 9.17) is 4.74 Å². The largest absolute Gasteiger partial charge is 0.416 e. The predicted molar refractivity (Wildman–Crippen MR) is 87.3 cm³/mol. The van der Waals surface area contributed by atoms with Gasteiger partial charge in [0.1, 0.15) is 6.73 Å². The van der Waals surface area contributed by atoms with Gasteiger partial charge in [0, 0.05) is 25.5 Å². The summed E-state index contributed by atoms with van der Waals surface area (Å²) in [5.41, 5.74) is 0.0802. The van der Waals surface area contributed by atoms with Crippen LogP contribution in [-0.2, 0) is 17.5 Å². The third-order valence-corrected chi connectivity index (χ3v) is 3.85. The molecule has 1 fully saturated rings. The van der Waals surface area contributed by atoms with Crippen LogP contribution in [0.3, 0.4) is 0 Å². The second-order valence-corrected chi connectivity index (χ2v) is 5.81. The molecule has 2 heterocycles. The Balaban J connectivity index is 1.60. The number of hydrogen-bond acceptors (Lipinski definition) is 5. The third kappa shape index (κ3) is 4.48. The SMILES string of the molecule is O=C(c1cnc(NCc2cccc(C(F)(F)F)c2)nc1)N1CCCOC1. The number of halogens is 3. The first kappa shape index (κ1) is 18.1. The Hall–Kier alpha value is -2.68. The van der Waals surface area contributed by atoms with Gasteiger partial charge in [-0.25, -0.2) is 9.97 Å². The fourth-order valence-electron chi connectivity index (χ4n) is 2.51. The van der Waals surface area contributed by atoms with Crippen LogP contribution in [0.15, 0.2) is 36.7 Å². The summed E-state index contributed by atoms with van der Waals surface area (Å²) in [4.78, 5) is 21.9. The Morgan fingerprint density at radius 2 is 2.04 bits per heavy atom. The van der Waals surface area contributed by atoms with Gasteiger partial charge in [-0.2, -0.15) is 13.2 Å². The van der Waals surface area contributed by atoms with Crippen molar-refractivity contribution in [2.24, 2.45) is 0 Å². The van der Waals surface area contributed by atoms with Gasteiger partial charge in [-0.15, -0.1) is 0 Å². The summed E-state index contributed by atoms with van der Waals surface area (Å²) < 4.78 is 43.4. The first-order valence-electron chi connectivity index (χ1n) is 8.02. The molecule has 6 nitrogen and oxygen atoms in total. The van der Waals surface area contributed by atoms with Gasteiger partial charge in [0.05, 0.1) is 17.7 Å². The van der Waals surface area contributed by atoms with E-state index < -0.39 is 11.7 Å². The highest BCUT2D eigenvalue weighted by Gasteiger charge is 2.30. The summed E-state index contributed by atoms with van der Waals surface area (Å²) in [6.45, 7) is 1.64. The molecule has 0 bridgehead atoms. The number of ether oxygens (including phenoxy) is 1. The van der Waals surface area contributed by atoms with E-state index in [0.717, 1.165) is 18.6 Å². The molecule has 0 unspecified atom stereocenters. The summed E-state index contributed by atoms with van der Waals surface area (Å²) in [7, 11) is 0. The molecule has 0 atom stereocenters. The fraction of sp³-hybridized carbons (Fsp3) is 0.353. The molecule has 26 heavy (non-hydrogen) atoms. The lowest BCUT2D eigenvalue weighted by molar-refractivity contribution is -0.137. The number of alkyl halides is 3. The molecular weight excluding hydrogens is 349 g/mol. The van der Waals surface area contributed by atoms with E-state index in [1.165, 1.54) is 18.5 Å². The molecule has 9 heteroatoms. The maximum Gasteiger partial charge on any atom is 0.416 e. The molecule has 2 aromatic rings. The van der Waals surface area contributed by atoms with Crippen molar-refractivity contribution in [1.29, 1.82) is 0 Å². The van der Waals surface area contributed by atoms with Crippen molar-refractivity contribution >= 4 is 11.9 Å². The molecule has 1 N–H and O–H groups in total. The molecule has 1 aliphatic heterocycles. The van der Waals surface area contributed by atoms with Crippen LogP contribution < -0.4 is 5.32 Å². The molecule has 1 amide bonds. The second kappa shape index (κ2) is 7.69. The molecule has 1 saturated heterocycles. The van der Waals surface area contributed by atoms with E-state index in [-0.39, 0.29) is 25.1 Å². The number of carbonyl (C=O) groups excluding carboxylic acids is 1. The Morgan fingerprint density at radius 1 is 1.27 bits per heavy atom. The zero-order valence-corrected chi connectivity index (χ0v) is 13.8. The molecule has 1 aromatic carbocycles. The normalized spacial score (nSPS) is 15.0. The summed E-state index contributed by atoms with van der Waals surface area (Å²) in [5, 5.41) is 2.85. The van der Waals surface area contributed by atoms with Gasteiger partial charge in [-0.3, -0.25) is 4.79 Å². The lowest BCUT2D eigenvalue weighted by atomic mass is 10.1. The lowest BCUT2D eigenvalue weighted by Crippen LogP contribution is -2.38. The number of benzene rings is 1. The Bertz CT molecular complexity index is 759. The quantitative estimate of drug-likeness (QED) is 0.901. The number of amides is 1. The van der Waals surface area contributed by atoms with Crippen molar-refractivity contribution in [1.82, 2.24) is 14.9 Å². The monoisotopic (exact) mass is 366 g/mol. The molecule has 1 aromatic heterocycles. The van der Waals surface area contributed by atoms with Gasteiger partial charge >= 0.3 is 6.18 Å². The second-order valence-electron chi connectivity index (χ2n) is 5.81. The summed E-state index contributed by atoms with van der Waals surface area (Å²) in [6.07, 6.45) is -0.827. The zero-order valence-electron chi connectivity index (χ0n) is 13.8. The van der Waals surface area contributed by atoms with Crippen molar-refractivity contribution in [3.8, 4) is 0 Å². The summed E-state index contributed by atoms with van der Waals surface area (Å²) in [6, 6.07) is 5.02. The van der Waals surface area contributed by atoms with Crippen molar-refractivity contribution < 1.29 is 22.7 Å². The van der Waals surface area contributed by atoms with E-state index in [2.05, 4.69) is 15.3 Å². The van der Waals surface area contributed by atoms with Gasteiger partial charge in [0.15, 0.2) is 0 Å². The maximum absolute atomic E-state index is 12.7.